The Balaban J connectivity index is 2.02. The van der Waals surface area contributed by atoms with Gasteiger partial charge in [0.25, 0.3) is 0 Å². The van der Waals surface area contributed by atoms with Crippen LogP contribution in [0.2, 0.25) is 0 Å². The summed E-state index contributed by atoms with van der Waals surface area (Å²) in [6.45, 7) is 2.89. The maximum atomic E-state index is 13.6. The number of hydrogen-bond donors (Lipinski definition) is 0. The van der Waals surface area contributed by atoms with Crippen LogP contribution in [0.1, 0.15) is 22.1 Å². The van der Waals surface area contributed by atoms with Gasteiger partial charge in [-0.1, -0.05) is 22.0 Å². The summed E-state index contributed by atoms with van der Waals surface area (Å²) in [5.74, 6) is 1.07. The van der Waals surface area contributed by atoms with Crippen molar-refractivity contribution in [3.63, 3.8) is 0 Å². The molecule has 21 heavy (non-hydrogen) atoms. The van der Waals surface area contributed by atoms with Gasteiger partial charge in [-0.15, -0.1) is 11.6 Å². The number of aryl methyl sites for hydroxylation is 1. The van der Waals surface area contributed by atoms with E-state index in [0.29, 0.717) is 30.3 Å². The Morgan fingerprint density at radius 2 is 1.76 bits per heavy atom. The Kier molecular flexibility index (Phi) is 4.09. The Morgan fingerprint density at radius 3 is 2.43 bits per heavy atom. The van der Waals surface area contributed by atoms with Crippen LogP contribution in [0.4, 0.5) is 4.39 Å². The standard InChI is InChI=1S/C16H13BrClFO2/c1-9-4-10(6-11(19)5-9)16(18)12-7-14-15(8-13(12)17)21-3-2-20-14/h4-8,16H,2-3H2,1H3. The van der Waals surface area contributed by atoms with Crippen LogP contribution in [0.3, 0.4) is 0 Å². The molecule has 1 unspecified atom stereocenters. The second-order valence-corrected chi connectivity index (χ2v) is 6.23. The van der Waals surface area contributed by atoms with Gasteiger partial charge in [-0.2, -0.15) is 0 Å². The molecule has 0 aliphatic carbocycles. The first kappa shape index (κ1) is 14.7. The van der Waals surface area contributed by atoms with Crippen LogP contribution in [0.15, 0.2) is 34.8 Å². The smallest absolute Gasteiger partial charge is 0.162 e. The number of halogens is 3. The molecule has 2 aromatic carbocycles. The van der Waals surface area contributed by atoms with Gasteiger partial charge >= 0.3 is 0 Å². The van der Waals surface area contributed by atoms with Crippen molar-refractivity contribution in [1.82, 2.24) is 0 Å². The molecule has 1 aliphatic heterocycles. The SMILES string of the molecule is Cc1cc(F)cc(C(Cl)c2cc3c(cc2Br)OCCO3)c1. The van der Waals surface area contributed by atoms with Gasteiger partial charge in [0.15, 0.2) is 11.5 Å². The van der Waals surface area contributed by atoms with E-state index in [1.165, 1.54) is 12.1 Å². The van der Waals surface area contributed by atoms with E-state index in [2.05, 4.69) is 15.9 Å². The van der Waals surface area contributed by atoms with Gasteiger partial charge in [0.1, 0.15) is 19.0 Å². The number of rotatable bonds is 2. The second kappa shape index (κ2) is 5.85. The van der Waals surface area contributed by atoms with Crippen LogP contribution in [-0.2, 0) is 0 Å². The first-order valence-corrected chi connectivity index (χ1v) is 7.78. The minimum Gasteiger partial charge on any atom is -0.486 e. The predicted molar refractivity (Wildman–Crippen MR) is 84.0 cm³/mol. The van der Waals surface area contributed by atoms with Crippen molar-refractivity contribution in [1.29, 1.82) is 0 Å². The third-order valence-electron chi connectivity index (χ3n) is 3.29. The molecule has 0 spiro atoms. The molecular formula is C16H13BrClFO2. The summed E-state index contributed by atoms with van der Waals surface area (Å²) in [5.41, 5.74) is 2.38. The van der Waals surface area contributed by atoms with Crippen LogP contribution in [0, 0.1) is 12.7 Å². The van der Waals surface area contributed by atoms with Crippen molar-refractivity contribution >= 4 is 27.5 Å². The van der Waals surface area contributed by atoms with Gasteiger partial charge in [0, 0.05) is 4.47 Å². The summed E-state index contributed by atoms with van der Waals surface area (Å²) in [5, 5.41) is -0.468. The largest absolute Gasteiger partial charge is 0.486 e. The molecule has 0 N–H and O–H groups in total. The minimum atomic E-state index is -0.468. The highest BCUT2D eigenvalue weighted by atomic mass is 79.9. The van der Waals surface area contributed by atoms with Gasteiger partial charge in [-0.05, 0) is 47.9 Å². The summed E-state index contributed by atoms with van der Waals surface area (Å²) in [7, 11) is 0. The quantitative estimate of drug-likeness (QED) is 0.692. The van der Waals surface area contributed by atoms with Gasteiger partial charge < -0.3 is 9.47 Å². The number of hydrogen-bond acceptors (Lipinski definition) is 2. The van der Waals surface area contributed by atoms with E-state index in [9.17, 15) is 4.39 Å². The first-order chi connectivity index (χ1) is 10.0. The first-order valence-electron chi connectivity index (χ1n) is 6.55. The van der Waals surface area contributed by atoms with E-state index in [0.717, 1.165) is 15.6 Å². The fourth-order valence-corrected chi connectivity index (χ4v) is 3.35. The van der Waals surface area contributed by atoms with Crippen molar-refractivity contribution in [2.45, 2.75) is 12.3 Å². The zero-order valence-electron chi connectivity index (χ0n) is 11.3. The molecule has 0 bridgehead atoms. The molecule has 2 nitrogen and oxygen atoms in total. The Morgan fingerprint density at radius 1 is 1.10 bits per heavy atom. The molecular weight excluding hydrogens is 359 g/mol. The zero-order valence-corrected chi connectivity index (χ0v) is 13.7. The van der Waals surface area contributed by atoms with Crippen molar-refractivity contribution < 1.29 is 13.9 Å². The molecule has 0 saturated carbocycles. The molecule has 0 amide bonds. The van der Waals surface area contributed by atoms with E-state index >= 15 is 0 Å². The lowest BCUT2D eigenvalue weighted by atomic mass is 10.0. The summed E-state index contributed by atoms with van der Waals surface area (Å²) < 4.78 is 25.5. The number of fused-ring (bicyclic) bond motifs is 1. The molecule has 1 atom stereocenters. The lowest BCUT2D eigenvalue weighted by Crippen LogP contribution is -2.15. The monoisotopic (exact) mass is 370 g/mol. The van der Waals surface area contributed by atoms with Crippen LogP contribution in [0.25, 0.3) is 0 Å². The van der Waals surface area contributed by atoms with E-state index in [4.69, 9.17) is 21.1 Å². The van der Waals surface area contributed by atoms with Gasteiger partial charge in [0.2, 0.25) is 0 Å². The molecule has 0 aromatic heterocycles. The average molecular weight is 372 g/mol. The normalized spacial score (nSPS) is 14.9. The molecule has 0 saturated heterocycles. The van der Waals surface area contributed by atoms with Gasteiger partial charge in [-0.25, -0.2) is 4.39 Å². The van der Waals surface area contributed by atoms with Crippen molar-refractivity contribution in [3.8, 4) is 11.5 Å². The number of alkyl halides is 1. The average Bonchev–Trinajstić information content (AvgIpc) is 2.44. The Labute approximate surface area is 136 Å². The van der Waals surface area contributed by atoms with Crippen molar-refractivity contribution in [2.24, 2.45) is 0 Å². The molecule has 0 radical (unpaired) electrons. The molecule has 2 aromatic rings. The van der Waals surface area contributed by atoms with E-state index in [-0.39, 0.29) is 5.82 Å². The molecule has 110 valence electrons. The Hall–Kier alpha value is -1.26. The van der Waals surface area contributed by atoms with Crippen molar-refractivity contribution in [3.05, 3.63) is 57.3 Å². The fourth-order valence-electron chi connectivity index (χ4n) is 2.36. The lowest BCUT2D eigenvalue weighted by molar-refractivity contribution is 0.171. The summed E-state index contributed by atoms with van der Waals surface area (Å²) in [6, 6.07) is 8.49. The van der Waals surface area contributed by atoms with Crippen LogP contribution >= 0.6 is 27.5 Å². The molecule has 5 heteroatoms. The number of ether oxygens (including phenoxy) is 2. The van der Waals surface area contributed by atoms with Crippen LogP contribution in [0.5, 0.6) is 11.5 Å². The van der Waals surface area contributed by atoms with E-state index in [1.807, 2.05) is 25.1 Å². The summed E-state index contributed by atoms with van der Waals surface area (Å²) in [4.78, 5) is 0. The van der Waals surface area contributed by atoms with Crippen molar-refractivity contribution in [2.75, 3.05) is 13.2 Å². The van der Waals surface area contributed by atoms with E-state index in [1.54, 1.807) is 0 Å². The fraction of sp³-hybridized carbons (Fsp3) is 0.250. The molecule has 3 rings (SSSR count). The summed E-state index contributed by atoms with van der Waals surface area (Å²) in [6.07, 6.45) is 0. The second-order valence-electron chi connectivity index (χ2n) is 4.94. The Bertz CT molecular complexity index is 670. The predicted octanol–water partition coefficient (Wildman–Crippen LogP) is 5.00. The minimum absolute atomic E-state index is 0.288. The maximum Gasteiger partial charge on any atom is 0.162 e. The summed E-state index contributed by atoms with van der Waals surface area (Å²) >= 11 is 10.0. The topological polar surface area (TPSA) is 18.5 Å². The highest BCUT2D eigenvalue weighted by Gasteiger charge is 2.20. The van der Waals surface area contributed by atoms with Crippen LogP contribution in [-0.4, -0.2) is 13.2 Å². The highest BCUT2D eigenvalue weighted by molar-refractivity contribution is 9.10. The number of benzene rings is 2. The zero-order chi connectivity index (χ0) is 15.0. The maximum absolute atomic E-state index is 13.6. The molecule has 1 heterocycles. The highest BCUT2D eigenvalue weighted by Crippen LogP contribution is 2.41. The van der Waals surface area contributed by atoms with Gasteiger partial charge in [-0.3, -0.25) is 0 Å². The van der Waals surface area contributed by atoms with E-state index < -0.39 is 5.38 Å². The lowest BCUT2D eigenvalue weighted by Gasteiger charge is -2.21. The third-order valence-corrected chi connectivity index (χ3v) is 4.47. The molecule has 0 fully saturated rings. The van der Waals surface area contributed by atoms with Gasteiger partial charge in [0.05, 0.1) is 5.38 Å². The molecule has 1 aliphatic rings. The van der Waals surface area contributed by atoms with Crippen LogP contribution < -0.4 is 9.47 Å². The third kappa shape index (κ3) is 3.01.